The van der Waals surface area contributed by atoms with Crippen molar-refractivity contribution in [2.24, 2.45) is 5.92 Å². The largest absolute Gasteiger partial charge is 0.352 e. The fourth-order valence-electron chi connectivity index (χ4n) is 4.79. The van der Waals surface area contributed by atoms with Crippen molar-refractivity contribution in [3.8, 4) is 0 Å². The minimum atomic E-state index is -0.0466. The summed E-state index contributed by atoms with van der Waals surface area (Å²) >= 11 is 0. The van der Waals surface area contributed by atoms with E-state index in [2.05, 4.69) is 33.6 Å². The number of nitrogens with one attached hydrogen (secondary N) is 1. The number of aryl methyl sites for hydroxylation is 1. The average Bonchev–Trinajstić information content (AvgIpc) is 3.36. The van der Waals surface area contributed by atoms with Crippen molar-refractivity contribution < 1.29 is 9.59 Å². The Morgan fingerprint density at radius 3 is 2.53 bits per heavy atom. The molecule has 0 radical (unpaired) electrons. The van der Waals surface area contributed by atoms with E-state index >= 15 is 0 Å². The number of carbonyl (C=O) groups excluding carboxylic acids is 2. The van der Waals surface area contributed by atoms with Gasteiger partial charge >= 0.3 is 0 Å². The molecule has 2 aromatic rings. The molecule has 0 unspecified atom stereocenters. The normalized spacial score (nSPS) is 15.7. The molecule has 3 rings (SSSR count). The van der Waals surface area contributed by atoms with Crippen LogP contribution in [0.4, 0.5) is 5.69 Å². The lowest BCUT2D eigenvalue weighted by Crippen LogP contribution is -2.33. The maximum atomic E-state index is 13.0. The van der Waals surface area contributed by atoms with Gasteiger partial charge in [0, 0.05) is 56.7 Å². The fourth-order valence-corrected chi connectivity index (χ4v) is 4.79. The third-order valence-electron chi connectivity index (χ3n) is 6.97. The Morgan fingerprint density at radius 2 is 1.81 bits per heavy atom. The first kappa shape index (κ1) is 27.9. The molecule has 36 heavy (non-hydrogen) atoms. The SMILES string of the molecule is CC(=O)N1CCCCCCCN(CCC(C)C)Cc2cc(C(=O)NCCCCn3ccnc3)ccc21. The highest BCUT2D eigenvalue weighted by Gasteiger charge is 2.20. The number of amides is 2. The molecule has 1 aliphatic rings. The van der Waals surface area contributed by atoms with Gasteiger partial charge in [0.05, 0.1) is 6.33 Å². The highest BCUT2D eigenvalue weighted by molar-refractivity contribution is 5.97. The molecule has 1 N–H and O–H groups in total. The third-order valence-corrected chi connectivity index (χ3v) is 6.97. The summed E-state index contributed by atoms with van der Waals surface area (Å²) in [5.74, 6) is 0.664. The highest BCUT2D eigenvalue weighted by Crippen LogP contribution is 2.26. The zero-order chi connectivity index (χ0) is 25.8. The van der Waals surface area contributed by atoms with Gasteiger partial charge in [0.2, 0.25) is 5.91 Å². The van der Waals surface area contributed by atoms with E-state index in [1.807, 2.05) is 35.6 Å². The summed E-state index contributed by atoms with van der Waals surface area (Å²) in [5, 5.41) is 3.08. The number of carbonyl (C=O) groups is 2. The van der Waals surface area contributed by atoms with Gasteiger partial charge in [0.1, 0.15) is 0 Å². The molecule has 1 aliphatic heterocycles. The standard InChI is InChI=1S/C29H45N5O2/c1-24(2)13-19-32-16-8-5-4-6-9-18-34(25(3)35)28-12-11-26(21-27(28)22-32)29(36)31-14-7-10-17-33-20-15-30-23-33/h11-12,15,20-21,23-24H,4-10,13-14,16-19,22H2,1-3H3,(H,31,36). The van der Waals surface area contributed by atoms with Gasteiger partial charge in [-0.3, -0.25) is 14.5 Å². The fraction of sp³-hybridized carbons (Fsp3) is 0.621. The Hall–Kier alpha value is -2.67. The first-order valence-corrected chi connectivity index (χ1v) is 13.8. The van der Waals surface area contributed by atoms with Crippen molar-refractivity contribution in [3.05, 3.63) is 48.0 Å². The van der Waals surface area contributed by atoms with Gasteiger partial charge in [-0.25, -0.2) is 4.98 Å². The highest BCUT2D eigenvalue weighted by atomic mass is 16.2. The average molecular weight is 496 g/mol. The first-order valence-electron chi connectivity index (χ1n) is 13.8. The van der Waals surface area contributed by atoms with Crippen molar-refractivity contribution in [3.63, 3.8) is 0 Å². The maximum Gasteiger partial charge on any atom is 0.251 e. The summed E-state index contributed by atoms with van der Waals surface area (Å²) in [6.45, 7) is 11.3. The molecule has 0 bridgehead atoms. The summed E-state index contributed by atoms with van der Waals surface area (Å²) in [5.41, 5.74) is 2.69. The van der Waals surface area contributed by atoms with Gasteiger partial charge in [-0.05, 0) is 74.9 Å². The van der Waals surface area contributed by atoms with Crippen LogP contribution in [0.2, 0.25) is 0 Å². The number of hydrogen-bond donors (Lipinski definition) is 1. The lowest BCUT2D eigenvalue weighted by Gasteiger charge is -2.29. The second-order valence-electron chi connectivity index (χ2n) is 10.5. The van der Waals surface area contributed by atoms with Crippen molar-refractivity contribution in [2.45, 2.75) is 85.2 Å². The quantitative estimate of drug-likeness (QED) is 0.482. The van der Waals surface area contributed by atoms with E-state index in [9.17, 15) is 9.59 Å². The monoisotopic (exact) mass is 495 g/mol. The summed E-state index contributed by atoms with van der Waals surface area (Å²) in [6, 6.07) is 5.87. The number of unbranched alkanes of at least 4 members (excludes halogenated alkanes) is 1. The molecule has 2 heterocycles. The molecule has 0 saturated carbocycles. The molecule has 7 heteroatoms. The van der Waals surface area contributed by atoms with E-state index in [-0.39, 0.29) is 11.8 Å². The number of rotatable bonds is 9. The summed E-state index contributed by atoms with van der Waals surface area (Å²) < 4.78 is 2.05. The maximum absolute atomic E-state index is 13.0. The molecule has 0 saturated heterocycles. The Morgan fingerprint density at radius 1 is 1.03 bits per heavy atom. The summed E-state index contributed by atoms with van der Waals surface area (Å²) in [6.07, 6.45) is 14.4. The van der Waals surface area contributed by atoms with Crippen LogP contribution in [0, 0.1) is 5.92 Å². The smallest absolute Gasteiger partial charge is 0.251 e. The minimum Gasteiger partial charge on any atom is -0.352 e. The Bertz CT molecular complexity index is 941. The number of imidazole rings is 1. The summed E-state index contributed by atoms with van der Waals surface area (Å²) in [7, 11) is 0. The van der Waals surface area contributed by atoms with Crippen molar-refractivity contribution in [1.29, 1.82) is 0 Å². The number of anilines is 1. The van der Waals surface area contributed by atoms with E-state index in [1.54, 1.807) is 13.1 Å². The van der Waals surface area contributed by atoms with Gasteiger partial charge in [0.15, 0.2) is 0 Å². The van der Waals surface area contributed by atoms with Crippen LogP contribution in [-0.4, -0.2) is 52.4 Å². The van der Waals surface area contributed by atoms with E-state index in [0.717, 1.165) is 76.1 Å². The van der Waals surface area contributed by atoms with Gasteiger partial charge in [0.25, 0.3) is 5.91 Å². The van der Waals surface area contributed by atoms with Crippen molar-refractivity contribution >= 4 is 17.5 Å². The van der Waals surface area contributed by atoms with Crippen LogP contribution in [0.25, 0.3) is 0 Å². The summed E-state index contributed by atoms with van der Waals surface area (Å²) in [4.78, 5) is 34.1. The molecule has 0 spiro atoms. The zero-order valence-corrected chi connectivity index (χ0v) is 22.5. The second kappa shape index (κ2) is 14.8. The number of nitrogens with zero attached hydrogens (tertiary/aromatic N) is 4. The first-order chi connectivity index (χ1) is 17.4. The molecule has 0 aliphatic carbocycles. The molecular formula is C29H45N5O2. The van der Waals surface area contributed by atoms with Crippen LogP contribution < -0.4 is 10.2 Å². The topological polar surface area (TPSA) is 70.5 Å². The Balaban J connectivity index is 1.73. The number of aromatic nitrogens is 2. The van der Waals surface area contributed by atoms with E-state index in [4.69, 9.17) is 0 Å². The number of hydrogen-bond acceptors (Lipinski definition) is 4. The van der Waals surface area contributed by atoms with Crippen LogP contribution >= 0.6 is 0 Å². The molecule has 0 fully saturated rings. The molecule has 7 nitrogen and oxygen atoms in total. The van der Waals surface area contributed by atoms with Gasteiger partial charge in [-0.1, -0.05) is 33.1 Å². The Labute approximate surface area is 217 Å². The van der Waals surface area contributed by atoms with Crippen LogP contribution in [0.15, 0.2) is 36.9 Å². The van der Waals surface area contributed by atoms with Crippen LogP contribution in [0.5, 0.6) is 0 Å². The van der Waals surface area contributed by atoms with Crippen LogP contribution in [0.3, 0.4) is 0 Å². The predicted molar refractivity (Wildman–Crippen MR) is 146 cm³/mol. The van der Waals surface area contributed by atoms with E-state index in [0.29, 0.717) is 18.0 Å². The third kappa shape index (κ3) is 9.08. The predicted octanol–water partition coefficient (Wildman–Crippen LogP) is 5.26. The van der Waals surface area contributed by atoms with Crippen molar-refractivity contribution in [2.75, 3.05) is 31.1 Å². The van der Waals surface area contributed by atoms with Crippen molar-refractivity contribution in [1.82, 2.24) is 19.8 Å². The molecular weight excluding hydrogens is 450 g/mol. The molecule has 1 aromatic heterocycles. The Kier molecular flexibility index (Phi) is 11.5. The van der Waals surface area contributed by atoms with Gasteiger partial charge < -0.3 is 14.8 Å². The lowest BCUT2D eigenvalue weighted by atomic mass is 10.0. The molecule has 198 valence electrons. The van der Waals surface area contributed by atoms with Crippen LogP contribution in [-0.2, 0) is 17.9 Å². The van der Waals surface area contributed by atoms with E-state index in [1.165, 1.54) is 19.3 Å². The van der Waals surface area contributed by atoms with Gasteiger partial charge in [-0.2, -0.15) is 0 Å². The molecule has 0 atom stereocenters. The number of fused-ring (bicyclic) bond motifs is 1. The molecule has 2 amide bonds. The van der Waals surface area contributed by atoms with E-state index < -0.39 is 0 Å². The lowest BCUT2D eigenvalue weighted by molar-refractivity contribution is -0.116. The molecule has 1 aromatic carbocycles. The number of benzene rings is 1. The van der Waals surface area contributed by atoms with Crippen LogP contribution in [0.1, 0.15) is 88.1 Å². The minimum absolute atomic E-state index is 0.0466. The second-order valence-corrected chi connectivity index (χ2v) is 10.5. The van der Waals surface area contributed by atoms with Gasteiger partial charge in [-0.15, -0.1) is 0 Å². The zero-order valence-electron chi connectivity index (χ0n) is 22.5.